The molecule has 1 rings (SSSR count). The van der Waals surface area contributed by atoms with Crippen LogP contribution in [0.2, 0.25) is 0 Å². The summed E-state index contributed by atoms with van der Waals surface area (Å²) in [4.78, 5) is 12.1. The molecule has 0 spiro atoms. The van der Waals surface area contributed by atoms with Crippen molar-refractivity contribution in [2.45, 2.75) is 45.8 Å². The third-order valence-electron chi connectivity index (χ3n) is 3.35. The summed E-state index contributed by atoms with van der Waals surface area (Å²) in [5.41, 5.74) is -0.0982. The molecule has 17 heavy (non-hydrogen) atoms. The Balaban J connectivity index is 2.92. The van der Waals surface area contributed by atoms with E-state index in [4.69, 9.17) is 0 Å². The van der Waals surface area contributed by atoms with Gasteiger partial charge < -0.3 is 10.4 Å². The second kappa shape index (κ2) is 4.49. The maximum Gasteiger partial charge on any atom is 0.252 e. The van der Waals surface area contributed by atoms with E-state index >= 15 is 0 Å². The van der Waals surface area contributed by atoms with Gasteiger partial charge in [-0.25, -0.2) is 0 Å². The van der Waals surface area contributed by atoms with Gasteiger partial charge in [-0.3, -0.25) is 4.79 Å². The highest BCUT2D eigenvalue weighted by Gasteiger charge is 2.36. The lowest BCUT2D eigenvalue weighted by molar-refractivity contribution is -0.00294. The first kappa shape index (κ1) is 13.7. The van der Waals surface area contributed by atoms with Crippen LogP contribution in [0, 0.1) is 6.92 Å². The minimum atomic E-state index is -0.981. The third kappa shape index (κ3) is 3.07. The lowest BCUT2D eigenvalue weighted by Crippen LogP contribution is -2.57. The zero-order valence-corrected chi connectivity index (χ0v) is 11.2. The highest BCUT2D eigenvalue weighted by atomic mass is 16.3. The van der Waals surface area contributed by atoms with E-state index in [0.29, 0.717) is 5.56 Å². The second-order valence-corrected chi connectivity index (χ2v) is 5.45. The molecule has 0 unspecified atom stereocenters. The summed E-state index contributed by atoms with van der Waals surface area (Å²) in [5.74, 6) is -0.157. The Hall–Kier alpha value is -1.35. The zero-order chi connectivity index (χ0) is 13.3. The number of hydrogen-bond acceptors (Lipinski definition) is 2. The maximum absolute atomic E-state index is 12.1. The maximum atomic E-state index is 12.1. The van der Waals surface area contributed by atoms with Crippen LogP contribution in [0.1, 0.15) is 43.6 Å². The van der Waals surface area contributed by atoms with Crippen molar-refractivity contribution in [3.63, 3.8) is 0 Å². The lowest BCUT2D eigenvalue weighted by atomic mass is 9.85. The fourth-order valence-electron chi connectivity index (χ4n) is 1.33. The van der Waals surface area contributed by atoms with Crippen LogP contribution < -0.4 is 5.32 Å². The van der Waals surface area contributed by atoms with E-state index in [-0.39, 0.29) is 5.91 Å². The molecule has 0 heterocycles. The van der Waals surface area contributed by atoms with Crippen molar-refractivity contribution < 1.29 is 9.90 Å². The molecule has 0 fully saturated rings. The van der Waals surface area contributed by atoms with Crippen LogP contribution in [0.3, 0.4) is 0 Å². The predicted molar refractivity (Wildman–Crippen MR) is 69.0 cm³/mol. The number of aliphatic hydroxyl groups is 1. The van der Waals surface area contributed by atoms with E-state index in [9.17, 15) is 9.90 Å². The van der Waals surface area contributed by atoms with Gasteiger partial charge in [0.1, 0.15) is 0 Å². The summed E-state index contributed by atoms with van der Waals surface area (Å²) >= 11 is 0. The van der Waals surface area contributed by atoms with Crippen LogP contribution in [0.25, 0.3) is 0 Å². The van der Waals surface area contributed by atoms with Crippen molar-refractivity contribution in [3.05, 3.63) is 35.4 Å². The van der Waals surface area contributed by atoms with E-state index < -0.39 is 11.1 Å². The van der Waals surface area contributed by atoms with Gasteiger partial charge in [-0.2, -0.15) is 0 Å². The number of benzene rings is 1. The van der Waals surface area contributed by atoms with E-state index in [2.05, 4.69) is 5.32 Å². The monoisotopic (exact) mass is 235 g/mol. The van der Waals surface area contributed by atoms with Gasteiger partial charge in [0.25, 0.3) is 5.91 Å². The van der Waals surface area contributed by atoms with Crippen LogP contribution in [0.4, 0.5) is 0 Å². The zero-order valence-electron chi connectivity index (χ0n) is 11.2. The first-order valence-corrected chi connectivity index (χ1v) is 5.76. The molecule has 0 aliphatic rings. The molecule has 94 valence electrons. The Labute approximate surface area is 103 Å². The van der Waals surface area contributed by atoms with Crippen LogP contribution in [0.5, 0.6) is 0 Å². The second-order valence-electron chi connectivity index (χ2n) is 5.45. The van der Waals surface area contributed by atoms with Crippen molar-refractivity contribution in [3.8, 4) is 0 Å². The molecule has 3 heteroatoms. The van der Waals surface area contributed by atoms with Gasteiger partial charge in [0, 0.05) is 5.56 Å². The van der Waals surface area contributed by atoms with Gasteiger partial charge in [-0.05, 0) is 46.2 Å². The highest BCUT2D eigenvalue weighted by molar-refractivity contribution is 5.96. The Morgan fingerprint density at radius 1 is 1.18 bits per heavy atom. The van der Waals surface area contributed by atoms with E-state index in [1.54, 1.807) is 19.9 Å². The molecule has 1 amide bonds. The molecular formula is C14H21NO2. The van der Waals surface area contributed by atoms with Gasteiger partial charge >= 0.3 is 0 Å². The number of aryl methyl sites for hydroxylation is 1. The minimum Gasteiger partial charge on any atom is -0.388 e. The molecule has 3 nitrogen and oxygen atoms in total. The highest BCUT2D eigenvalue weighted by Crippen LogP contribution is 2.21. The smallest absolute Gasteiger partial charge is 0.252 e. The van der Waals surface area contributed by atoms with E-state index in [1.807, 2.05) is 39.0 Å². The summed E-state index contributed by atoms with van der Waals surface area (Å²) in [6.45, 7) is 8.88. The average molecular weight is 235 g/mol. The quantitative estimate of drug-likeness (QED) is 0.844. The number of carbonyl (C=O) groups is 1. The molecule has 1 aromatic carbocycles. The van der Waals surface area contributed by atoms with Crippen molar-refractivity contribution in [1.29, 1.82) is 0 Å². The Morgan fingerprint density at radius 2 is 1.71 bits per heavy atom. The number of nitrogens with one attached hydrogen (secondary N) is 1. The fraction of sp³-hybridized carbons (Fsp3) is 0.500. The first-order valence-electron chi connectivity index (χ1n) is 5.76. The molecule has 0 bridgehead atoms. The minimum absolute atomic E-state index is 0.157. The normalized spacial score (nSPS) is 12.4. The fourth-order valence-corrected chi connectivity index (χ4v) is 1.33. The van der Waals surface area contributed by atoms with E-state index in [0.717, 1.165) is 5.56 Å². The predicted octanol–water partition coefficient (Wildman–Crippen LogP) is 2.27. The van der Waals surface area contributed by atoms with Crippen molar-refractivity contribution in [1.82, 2.24) is 5.32 Å². The van der Waals surface area contributed by atoms with Crippen LogP contribution in [-0.4, -0.2) is 22.2 Å². The molecule has 1 aromatic rings. The standard InChI is InChI=1S/C14H21NO2/c1-10-8-6-7-9-11(10)12(16)15-13(2,3)14(4,5)17/h6-9,17H,1-5H3,(H,15,16). The molecule has 0 atom stereocenters. The molecule has 2 N–H and O–H groups in total. The van der Waals surface area contributed by atoms with Gasteiger partial charge in [0.05, 0.1) is 11.1 Å². The number of amides is 1. The van der Waals surface area contributed by atoms with Crippen molar-refractivity contribution >= 4 is 5.91 Å². The SMILES string of the molecule is Cc1ccccc1C(=O)NC(C)(C)C(C)(C)O. The Bertz CT molecular complexity index is 416. The Kier molecular flexibility index (Phi) is 3.62. The van der Waals surface area contributed by atoms with Crippen LogP contribution in [-0.2, 0) is 0 Å². The number of hydrogen-bond donors (Lipinski definition) is 2. The number of carbonyl (C=O) groups excluding carboxylic acids is 1. The summed E-state index contributed by atoms with van der Waals surface area (Å²) in [7, 11) is 0. The van der Waals surface area contributed by atoms with Gasteiger partial charge in [0.15, 0.2) is 0 Å². The molecule has 0 radical (unpaired) electrons. The largest absolute Gasteiger partial charge is 0.388 e. The number of rotatable bonds is 3. The summed E-state index contributed by atoms with van der Waals surface area (Å²) in [5, 5.41) is 12.9. The molecule has 0 aromatic heterocycles. The van der Waals surface area contributed by atoms with Gasteiger partial charge in [-0.1, -0.05) is 18.2 Å². The summed E-state index contributed by atoms with van der Waals surface area (Å²) in [6, 6.07) is 7.41. The van der Waals surface area contributed by atoms with Crippen molar-refractivity contribution in [2.24, 2.45) is 0 Å². The molecule has 0 aliphatic carbocycles. The van der Waals surface area contributed by atoms with Crippen LogP contribution in [0.15, 0.2) is 24.3 Å². The third-order valence-corrected chi connectivity index (χ3v) is 3.35. The molecular weight excluding hydrogens is 214 g/mol. The van der Waals surface area contributed by atoms with Crippen LogP contribution >= 0.6 is 0 Å². The van der Waals surface area contributed by atoms with Gasteiger partial charge in [0.2, 0.25) is 0 Å². The summed E-state index contributed by atoms with van der Waals surface area (Å²) < 4.78 is 0. The first-order chi connectivity index (χ1) is 7.65. The molecule has 0 aliphatic heterocycles. The van der Waals surface area contributed by atoms with Crippen molar-refractivity contribution in [2.75, 3.05) is 0 Å². The van der Waals surface area contributed by atoms with Gasteiger partial charge in [-0.15, -0.1) is 0 Å². The topological polar surface area (TPSA) is 49.3 Å². The Morgan fingerprint density at radius 3 is 2.18 bits per heavy atom. The molecule has 0 saturated heterocycles. The average Bonchev–Trinajstić information content (AvgIpc) is 2.15. The molecule has 0 saturated carbocycles. The summed E-state index contributed by atoms with van der Waals surface area (Å²) in [6.07, 6.45) is 0. The van der Waals surface area contributed by atoms with E-state index in [1.165, 1.54) is 0 Å². The lowest BCUT2D eigenvalue weighted by Gasteiger charge is -2.38.